The molecule has 0 aliphatic heterocycles. The number of carbonyl (C=O) groups is 2. The number of hydrogen-bond acceptors (Lipinski definition) is 4. The number of rotatable bonds is 6. The highest BCUT2D eigenvalue weighted by atomic mass is 35.5. The number of anilines is 1. The molecular weight excluding hydrogens is 393 g/mol. The quantitative estimate of drug-likeness (QED) is 0.523. The van der Waals surface area contributed by atoms with Crippen molar-refractivity contribution in [3.63, 3.8) is 0 Å². The minimum atomic E-state index is -0.218. The number of amides is 1. The SMILES string of the molecule is O=CCc1ccc(Oc2ccc(NC(=O)c3ccc(Cl)s3)cc2)c(Cl)c1. The first kappa shape index (κ1) is 18.5. The molecule has 3 rings (SSSR count). The van der Waals surface area contributed by atoms with E-state index < -0.39 is 0 Å². The Bertz CT molecular complexity index is 938. The summed E-state index contributed by atoms with van der Waals surface area (Å²) >= 11 is 13.2. The highest BCUT2D eigenvalue weighted by Gasteiger charge is 2.09. The van der Waals surface area contributed by atoms with Crippen LogP contribution in [-0.4, -0.2) is 12.2 Å². The molecule has 0 radical (unpaired) electrons. The third-order valence-corrected chi connectivity index (χ3v) is 4.98. The smallest absolute Gasteiger partial charge is 0.265 e. The van der Waals surface area contributed by atoms with Gasteiger partial charge in [0, 0.05) is 12.1 Å². The van der Waals surface area contributed by atoms with Gasteiger partial charge in [-0.15, -0.1) is 11.3 Å². The molecule has 0 spiro atoms. The largest absolute Gasteiger partial charge is 0.456 e. The maximum atomic E-state index is 12.1. The third-order valence-electron chi connectivity index (χ3n) is 3.45. The first-order chi connectivity index (χ1) is 12.5. The van der Waals surface area contributed by atoms with Gasteiger partial charge in [0.05, 0.1) is 14.2 Å². The fourth-order valence-electron chi connectivity index (χ4n) is 2.21. The Hall–Kier alpha value is -2.34. The molecule has 0 aliphatic rings. The maximum Gasteiger partial charge on any atom is 0.265 e. The summed E-state index contributed by atoms with van der Waals surface area (Å²) in [6, 6.07) is 15.5. The lowest BCUT2D eigenvalue weighted by atomic mass is 10.1. The molecule has 0 saturated heterocycles. The Morgan fingerprint density at radius 3 is 2.46 bits per heavy atom. The van der Waals surface area contributed by atoms with Crippen molar-refractivity contribution in [2.75, 3.05) is 5.32 Å². The zero-order valence-corrected chi connectivity index (χ0v) is 15.7. The topological polar surface area (TPSA) is 55.4 Å². The molecule has 0 bridgehead atoms. The van der Waals surface area contributed by atoms with Crippen LogP contribution in [0.15, 0.2) is 54.6 Å². The molecule has 26 heavy (non-hydrogen) atoms. The summed E-state index contributed by atoms with van der Waals surface area (Å²) < 4.78 is 6.31. The standard InChI is InChI=1S/C19H13Cl2NO3S/c20-15-11-12(9-10-23)1-6-16(15)25-14-4-2-13(3-5-14)22-19(24)17-7-8-18(21)26-17/h1-8,10-11H,9H2,(H,22,24). The van der Waals surface area contributed by atoms with Crippen molar-refractivity contribution >= 4 is 52.4 Å². The molecule has 1 heterocycles. The summed E-state index contributed by atoms with van der Waals surface area (Å²) in [7, 11) is 0. The van der Waals surface area contributed by atoms with E-state index in [4.69, 9.17) is 27.9 Å². The van der Waals surface area contributed by atoms with Crippen LogP contribution in [0.2, 0.25) is 9.36 Å². The molecule has 0 atom stereocenters. The second kappa shape index (κ2) is 8.36. The number of halogens is 2. The van der Waals surface area contributed by atoms with E-state index in [1.54, 1.807) is 54.6 Å². The van der Waals surface area contributed by atoms with Gasteiger partial charge in [0.2, 0.25) is 0 Å². The van der Waals surface area contributed by atoms with Crippen molar-refractivity contribution < 1.29 is 14.3 Å². The van der Waals surface area contributed by atoms with Gasteiger partial charge in [-0.05, 0) is 54.1 Å². The first-order valence-corrected chi connectivity index (χ1v) is 9.19. The fraction of sp³-hybridized carbons (Fsp3) is 0.0526. The Morgan fingerprint density at radius 1 is 1.08 bits per heavy atom. The normalized spacial score (nSPS) is 10.4. The van der Waals surface area contributed by atoms with E-state index in [2.05, 4.69) is 5.32 Å². The Morgan fingerprint density at radius 2 is 1.85 bits per heavy atom. The second-order valence-corrected chi connectivity index (χ2v) is 7.44. The summed E-state index contributed by atoms with van der Waals surface area (Å²) in [5.74, 6) is 0.850. The van der Waals surface area contributed by atoms with Crippen molar-refractivity contribution in [1.82, 2.24) is 0 Å². The van der Waals surface area contributed by atoms with E-state index in [1.165, 1.54) is 11.3 Å². The molecule has 2 aromatic carbocycles. The first-order valence-electron chi connectivity index (χ1n) is 7.62. The highest BCUT2D eigenvalue weighted by Crippen LogP contribution is 2.31. The third kappa shape index (κ3) is 4.64. The summed E-state index contributed by atoms with van der Waals surface area (Å²) in [6.07, 6.45) is 1.13. The van der Waals surface area contributed by atoms with Gasteiger partial charge in [-0.25, -0.2) is 0 Å². The van der Waals surface area contributed by atoms with Gasteiger partial charge in [-0.1, -0.05) is 29.3 Å². The zero-order chi connectivity index (χ0) is 18.5. The van der Waals surface area contributed by atoms with Crippen molar-refractivity contribution in [2.45, 2.75) is 6.42 Å². The van der Waals surface area contributed by atoms with Gasteiger partial charge in [-0.3, -0.25) is 4.79 Å². The minimum Gasteiger partial charge on any atom is -0.456 e. The summed E-state index contributed by atoms with van der Waals surface area (Å²) in [5, 5.41) is 3.22. The van der Waals surface area contributed by atoms with Crippen LogP contribution in [-0.2, 0) is 11.2 Å². The maximum absolute atomic E-state index is 12.1. The summed E-state index contributed by atoms with van der Waals surface area (Å²) in [5.41, 5.74) is 1.46. The van der Waals surface area contributed by atoms with E-state index in [9.17, 15) is 9.59 Å². The van der Waals surface area contributed by atoms with Crippen molar-refractivity contribution in [2.24, 2.45) is 0 Å². The average Bonchev–Trinajstić information content (AvgIpc) is 3.06. The van der Waals surface area contributed by atoms with Crippen LogP contribution >= 0.6 is 34.5 Å². The molecule has 0 saturated carbocycles. The van der Waals surface area contributed by atoms with E-state index in [0.29, 0.717) is 37.8 Å². The van der Waals surface area contributed by atoms with E-state index in [0.717, 1.165) is 11.8 Å². The van der Waals surface area contributed by atoms with E-state index in [1.807, 2.05) is 0 Å². The predicted octanol–water partition coefficient (Wildman–Crippen LogP) is 5.84. The molecule has 1 amide bonds. The van der Waals surface area contributed by atoms with Crippen LogP contribution in [0, 0.1) is 0 Å². The number of nitrogens with one attached hydrogen (secondary N) is 1. The molecule has 7 heteroatoms. The van der Waals surface area contributed by atoms with Crippen LogP contribution in [0.3, 0.4) is 0 Å². The molecule has 0 unspecified atom stereocenters. The summed E-state index contributed by atoms with van der Waals surface area (Å²) in [4.78, 5) is 23.2. The molecule has 1 N–H and O–H groups in total. The Labute approximate surface area is 164 Å². The number of aldehydes is 1. The summed E-state index contributed by atoms with van der Waals surface area (Å²) in [6.45, 7) is 0. The van der Waals surface area contributed by atoms with E-state index in [-0.39, 0.29) is 5.91 Å². The van der Waals surface area contributed by atoms with Crippen LogP contribution < -0.4 is 10.1 Å². The number of benzene rings is 2. The molecule has 3 aromatic rings. The van der Waals surface area contributed by atoms with Gasteiger partial charge >= 0.3 is 0 Å². The lowest BCUT2D eigenvalue weighted by Crippen LogP contribution is -2.09. The number of hydrogen-bond donors (Lipinski definition) is 1. The van der Waals surface area contributed by atoms with Crippen LogP contribution in [0.1, 0.15) is 15.2 Å². The van der Waals surface area contributed by atoms with Crippen molar-refractivity contribution in [1.29, 1.82) is 0 Å². The lowest BCUT2D eigenvalue weighted by molar-refractivity contribution is -0.107. The average molecular weight is 406 g/mol. The van der Waals surface area contributed by atoms with Gasteiger partial charge < -0.3 is 14.8 Å². The fourth-order valence-corrected chi connectivity index (χ4v) is 3.39. The molecule has 1 aromatic heterocycles. The lowest BCUT2D eigenvalue weighted by Gasteiger charge is -2.10. The highest BCUT2D eigenvalue weighted by molar-refractivity contribution is 7.18. The second-order valence-electron chi connectivity index (χ2n) is 5.32. The van der Waals surface area contributed by atoms with E-state index >= 15 is 0 Å². The van der Waals surface area contributed by atoms with Gasteiger partial charge in [0.25, 0.3) is 5.91 Å². The van der Waals surface area contributed by atoms with Gasteiger partial charge in [-0.2, -0.15) is 0 Å². The number of thiophene rings is 1. The molecule has 4 nitrogen and oxygen atoms in total. The monoisotopic (exact) mass is 405 g/mol. The van der Waals surface area contributed by atoms with Crippen LogP contribution in [0.25, 0.3) is 0 Å². The van der Waals surface area contributed by atoms with Gasteiger partial charge in [0.15, 0.2) is 0 Å². The molecular formula is C19H13Cl2NO3S. The molecule has 132 valence electrons. The Kier molecular flexibility index (Phi) is 5.93. The zero-order valence-electron chi connectivity index (χ0n) is 13.4. The van der Waals surface area contributed by atoms with Crippen molar-refractivity contribution in [3.8, 4) is 11.5 Å². The minimum absolute atomic E-state index is 0.218. The van der Waals surface area contributed by atoms with Crippen LogP contribution in [0.4, 0.5) is 5.69 Å². The Balaban J connectivity index is 1.66. The van der Waals surface area contributed by atoms with Crippen LogP contribution in [0.5, 0.6) is 11.5 Å². The number of ether oxygens (including phenoxy) is 1. The molecule has 0 aliphatic carbocycles. The number of carbonyl (C=O) groups excluding carboxylic acids is 2. The van der Waals surface area contributed by atoms with Gasteiger partial charge in [0.1, 0.15) is 17.8 Å². The van der Waals surface area contributed by atoms with Crippen molar-refractivity contribution in [3.05, 3.63) is 74.4 Å². The predicted molar refractivity (Wildman–Crippen MR) is 105 cm³/mol. The molecule has 0 fully saturated rings.